The molecule has 2 heterocycles. The molecule has 1 aliphatic rings. The number of rotatable bonds is 3. The third kappa shape index (κ3) is 4.62. The molecule has 1 N–H and O–H groups in total. The predicted molar refractivity (Wildman–Crippen MR) is 83.6 cm³/mol. The van der Waals surface area contributed by atoms with E-state index < -0.39 is 5.60 Å². The summed E-state index contributed by atoms with van der Waals surface area (Å²) in [5, 5.41) is 2.86. The number of nitrogens with zero attached hydrogens (tertiary/aromatic N) is 2. The Balaban J connectivity index is 1.92. The number of carbonyl (C=O) groups is 1. The molecule has 1 amide bonds. The van der Waals surface area contributed by atoms with Crippen LogP contribution in [0.3, 0.4) is 0 Å². The number of hydrogen-bond donors (Lipinski definition) is 1. The van der Waals surface area contributed by atoms with Crippen molar-refractivity contribution in [2.45, 2.75) is 52.2 Å². The molecule has 0 aromatic carbocycles. The molecule has 1 aliphatic heterocycles. The van der Waals surface area contributed by atoms with Crippen molar-refractivity contribution in [3.63, 3.8) is 0 Å². The quantitative estimate of drug-likeness (QED) is 0.930. The summed E-state index contributed by atoms with van der Waals surface area (Å²) in [7, 11) is 0. The fourth-order valence-corrected chi connectivity index (χ4v) is 2.55. The van der Waals surface area contributed by atoms with Crippen LogP contribution < -0.4 is 10.2 Å². The van der Waals surface area contributed by atoms with Crippen molar-refractivity contribution in [3.8, 4) is 0 Å². The van der Waals surface area contributed by atoms with Crippen molar-refractivity contribution in [1.82, 2.24) is 10.3 Å². The number of nitrogens with one attached hydrogen (secondary N) is 1. The van der Waals surface area contributed by atoms with Crippen molar-refractivity contribution in [2.75, 3.05) is 18.0 Å². The Morgan fingerprint density at radius 3 is 2.90 bits per heavy atom. The second-order valence-corrected chi connectivity index (χ2v) is 6.51. The number of anilines is 1. The molecule has 0 spiro atoms. The van der Waals surface area contributed by atoms with Gasteiger partial charge in [0.15, 0.2) is 0 Å². The van der Waals surface area contributed by atoms with Gasteiger partial charge in [-0.15, -0.1) is 0 Å². The molecular weight excluding hydrogens is 266 g/mol. The van der Waals surface area contributed by atoms with Gasteiger partial charge in [0.1, 0.15) is 11.4 Å². The summed E-state index contributed by atoms with van der Waals surface area (Å²) >= 11 is 0. The first-order valence-corrected chi connectivity index (χ1v) is 7.52. The maximum atomic E-state index is 11.7. The van der Waals surface area contributed by atoms with Gasteiger partial charge in [0.2, 0.25) is 0 Å². The molecular formula is C16H25N3O2. The van der Waals surface area contributed by atoms with Gasteiger partial charge in [0, 0.05) is 24.8 Å². The zero-order chi connectivity index (χ0) is 15.5. The molecule has 0 bridgehead atoms. The van der Waals surface area contributed by atoms with E-state index in [9.17, 15) is 4.79 Å². The summed E-state index contributed by atoms with van der Waals surface area (Å²) in [6.07, 6.45) is 1.83. The predicted octanol–water partition coefficient (Wildman–Crippen LogP) is 2.88. The van der Waals surface area contributed by atoms with Crippen LogP contribution in [-0.2, 0) is 4.74 Å². The van der Waals surface area contributed by atoms with E-state index in [2.05, 4.69) is 15.2 Å². The van der Waals surface area contributed by atoms with Gasteiger partial charge in [-0.05, 0) is 52.7 Å². The molecule has 1 aromatic rings. The minimum atomic E-state index is -0.461. The molecule has 1 aromatic heterocycles. The van der Waals surface area contributed by atoms with Gasteiger partial charge in [-0.3, -0.25) is 0 Å². The van der Waals surface area contributed by atoms with Crippen molar-refractivity contribution in [1.29, 1.82) is 0 Å². The van der Waals surface area contributed by atoms with E-state index in [1.54, 1.807) is 0 Å². The third-order valence-electron chi connectivity index (χ3n) is 3.43. The summed E-state index contributed by atoms with van der Waals surface area (Å²) in [6, 6.07) is 6.33. The maximum Gasteiger partial charge on any atom is 0.407 e. The van der Waals surface area contributed by atoms with E-state index >= 15 is 0 Å². The van der Waals surface area contributed by atoms with Crippen LogP contribution >= 0.6 is 0 Å². The molecule has 5 heteroatoms. The van der Waals surface area contributed by atoms with Crippen molar-refractivity contribution in [3.05, 3.63) is 23.9 Å². The number of aryl methyl sites for hydroxylation is 1. The Morgan fingerprint density at radius 2 is 2.24 bits per heavy atom. The number of alkyl carbamates (subject to hydrolysis) is 1. The largest absolute Gasteiger partial charge is 0.444 e. The number of carbonyl (C=O) groups excluding carboxylic acids is 1. The normalized spacial score (nSPS) is 18.7. The van der Waals surface area contributed by atoms with E-state index in [1.165, 1.54) is 0 Å². The monoisotopic (exact) mass is 291 g/mol. The van der Waals surface area contributed by atoms with E-state index in [-0.39, 0.29) is 12.1 Å². The highest BCUT2D eigenvalue weighted by molar-refractivity contribution is 5.67. The number of ether oxygens (including phenoxy) is 1. The Morgan fingerprint density at radius 1 is 1.48 bits per heavy atom. The van der Waals surface area contributed by atoms with Crippen LogP contribution in [0.15, 0.2) is 18.2 Å². The summed E-state index contributed by atoms with van der Waals surface area (Å²) in [5.41, 5.74) is 0.552. The molecule has 0 radical (unpaired) electrons. The van der Waals surface area contributed by atoms with Gasteiger partial charge >= 0.3 is 6.09 Å². The summed E-state index contributed by atoms with van der Waals surface area (Å²) < 4.78 is 5.27. The van der Waals surface area contributed by atoms with Crippen molar-refractivity contribution in [2.24, 2.45) is 0 Å². The summed E-state index contributed by atoms with van der Waals surface area (Å²) in [4.78, 5) is 18.6. The lowest BCUT2D eigenvalue weighted by molar-refractivity contribution is 0.0525. The molecule has 1 fully saturated rings. The highest BCUT2D eigenvalue weighted by Crippen LogP contribution is 2.23. The minimum Gasteiger partial charge on any atom is -0.444 e. The molecule has 116 valence electrons. The molecule has 1 unspecified atom stereocenters. The van der Waals surface area contributed by atoms with E-state index in [4.69, 9.17) is 4.74 Å². The van der Waals surface area contributed by atoms with Crippen LogP contribution in [0.5, 0.6) is 0 Å². The molecule has 0 aliphatic carbocycles. The molecule has 5 nitrogen and oxygen atoms in total. The fourth-order valence-electron chi connectivity index (χ4n) is 2.55. The average Bonchev–Trinajstić information content (AvgIpc) is 2.82. The smallest absolute Gasteiger partial charge is 0.407 e. The first-order valence-electron chi connectivity index (χ1n) is 7.52. The number of hydrogen-bond acceptors (Lipinski definition) is 4. The highest BCUT2D eigenvalue weighted by Gasteiger charge is 2.26. The lowest BCUT2D eigenvalue weighted by Gasteiger charge is -2.27. The third-order valence-corrected chi connectivity index (χ3v) is 3.43. The lowest BCUT2D eigenvalue weighted by Crippen LogP contribution is -2.42. The Kier molecular flexibility index (Phi) is 4.70. The lowest BCUT2D eigenvalue weighted by atomic mass is 10.2. The number of pyridine rings is 1. The van der Waals surface area contributed by atoms with E-state index in [0.29, 0.717) is 6.54 Å². The zero-order valence-electron chi connectivity index (χ0n) is 13.3. The van der Waals surface area contributed by atoms with Crippen molar-refractivity contribution >= 4 is 11.9 Å². The van der Waals surface area contributed by atoms with Crippen LogP contribution in [0, 0.1) is 6.92 Å². The van der Waals surface area contributed by atoms with Gasteiger partial charge < -0.3 is 15.0 Å². The second-order valence-electron chi connectivity index (χ2n) is 6.51. The van der Waals surface area contributed by atoms with E-state index in [0.717, 1.165) is 30.9 Å². The molecule has 21 heavy (non-hydrogen) atoms. The van der Waals surface area contributed by atoms with Gasteiger partial charge in [0.05, 0.1) is 0 Å². The first kappa shape index (κ1) is 15.6. The van der Waals surface area contributed by atoms with Gasteiger partial charge in [0.25, 0.3) is 0 Å². The Labute approximate surface area is 126 Å². The zero-order valence-corrected chi connectivity index (χ0v) is 13.3. The molecule has 1 saturated heterocycles. The minimum absolute atomic E-state index is 0.284. The van der Waals surface area contributed by atoms with E-state index in [1.807, 2.05) is 45.9 Å². The summed E-state index contributed by atoms with van der Waals surface area (Å²) in [6.45, 7) is 9.16. The van der Waals surface area contributed by atoms with Gasteiger partial charge in [-0.1, -0.05) is 6.07 Å². The molecule has 2 rings (SSSR count). The first-order chi connectivity index (χ1) is 9.85. The van der Waals surface area contributed by atoms with Crippen LogP contribution in [-0.4, -0.2) is 35.8 Å². The fraction of sp³-hybridized carbons (Fsp3) is 0.625. The summed E-state index contributed by atoms with van der Waals surface area (Å²) in [5.74, 6) is 0.989. The molecule has 1 atom stereocenters. The van der Waals surface area contributed by atoms with Gasteiger partial charge in [-0.2, -0.15) is 0 Å². The SMILES string of the molecule is Cc1cccc(N2CCCC2CNC(=O)OC(C)(C)C)n1. The van der Waals surface area contributed by atoms with Gasteiger partial charge in [-0.25, -0.2) is 9.78 Å². The average molecular weight is 291 g/mol. The topological polar surface area (TPSA) is 54.5 Å². The maximum absolute atomic E-state index is 11.7. The van der Waals surface area contributed by atoms with Crippen LogP contribution in [0.2, 0.25) is 0 Å². The highest BCUT2D eigenvalue weighted by atomic mass is 16.6. The number of aromatic nitrogens is 1. The number of amides is 1. The second kappa shape index (κ2) is 6.33. The van der Waals surface area contributed by atoms with Crippen LogP contribution in [0.4, 0.5) is 10.6 Å². The van der Waals surface area contributed by atoms with Crippen LogP contribution in [0.25, 0.3) is 0 Å². The molecule has 0 saturated carbocycles. The standard InChI is InChI=1S/C16H25N3O2/c1-12-7-5-9-14(18-12)19-10-6-8-13(19)11-17-15(20)21-16(2,3)4/h5,7,9,13H,6,8,10-11H2,1-4H3,(H,17,20). The Hall–Kier alpha value is -1.78. The van der Waals surface area contributed by atoms with Crippen LogP contribution in [0.1, 0.15) is 39.3 Å². The van der Waals surface area contributed by atoms with Crippen molar-refractivity contribution < 1.29 is 9.53 Å². The Bertz CT molecular complexity index is 497.